The van der Waals surface area contributed by atoms with Crippen molar-refractivity contribution in [3.8, 4) is 0 Å². The minimum Gasteiger partial charge on any atom is -0.372 e. The molecule has 0 bridgehead atoms. The zero-order valence-electron chi connectivity index (χ0n) is 11.6. The number of halogens is 2. The molecule has 0 atom stereocenters. The largest absolute Gasteiger partial charge is 0.372 e. The van der Waals surface area contributed by atoms with Gasteiger partial charge in [0.2, 0.25) is 0 Å². The molecular formula is C14H16ClFN4O. The van der Waals surface area contributed by atoms with Crippen LogP contribution in [0.25, 0.3) is 0 Å². The number of benzene rings is 1. The van der Waals surface area contributed by atoms with E-state index in [1.54, 1.807) is 18.3 Å². The number of nitrogens with zero attached hydrogens (tertiary/aromatic N) is 3. The van der Waals surface area contributed by atoms with Gasteiger partial charge in [-0.1, -0.05) is 23.7 Å². The topological polar surface area (TPSA) is 64.2 Å². The standard InChI is InChI=1S/C14H16ClFN4O/c1-19(6-5-17)11-7-13(21)20(18-8-11)9-10-3-2-4-12(16)14(10)15/h2-4,7-8H,5-6,9,17H2,1H3. The average Bonchev–Trinajstić information content (AvgIpc) is 2.46. The molecule has 0 radical (unpaired) electrons. The van der Waals surface area contributed by atoms with Crippen molar-refractivity contribution in [1.29, 1.82) is 0 Å². The van der Waals surface area contributed by atoms with Gasteiger partial charge in [-0.2, -0.15) is 5.10 Å². The third-order valence-electron chi connectivity index (χ3n) is 3.11. The average molecular weight is 311 g/mol. The molecule has 1 aromatic heterocycles. The van der Waals surface area contributed by atoms with Gasteiger partial charge in [0.25, 0.3) is 5.56 Å². The molecule has 0 aliphatic rings. The van der Waals surface area contributed by atoms with E-state index in [1.807, 2.05) is 11.9 Å². The van der Waals surface area contributed by atoms with Crippen molar-refractivity contribution in [2.45, 2.75) is 6.54 Å². The van der Waals surface area contributed by atoms with Crippen molar-refractivity contribution in [2.75, 3.05) is 25.0 Å². The predicted molar refractivity (Wildman–Crippen MR) is 81.3 cm³/mol. The molecule has 112 valence electrons. The summed E-state index contributed by atoms with van der Waals surface area (Å²) in [5, 5.41) is 4.10. The first-order chi connectivity index (χ1) is 10.0. The van der Waals surface area contributed by atoms with Crippen molar-refractivity contribution in [1.82, 2.24) is 9.78 Å². The first kappa shape index (κ1) is 15.5. The van der Waals surface area contributed by atoms with E-state index in [0.29, 0.717) is 24.3 Å². The summed E-state index contributed by atoms with van der Waals surface area (Å²) in [5.41, 5.74) is 6.39. The summed E-state index contributed by atoms with van der Waals surface area (Å²) in [6.07, 6.45) is 1.57. The molecular weight excluding hydrogens is 295 g/mol. The van der Waals surface area contributed by atoms with Gasteiger partial charge >= 0.3 is 0 Å². The molecule has 21 heavy (non-hydrogen) atoms. The molecule has 2 rings (SSSR count). The Kier molecular flexibility index (Phi) is 4.93. The van der Waals surface area contributed by atoms with E-state index in [-0.39, 0.29) is 17.1 Å². The van der Waals surface area contributed by atoms with Crippen molar-refractivity contribution in [2.24, 2.45) is 5.73 Å². The van der Waals surface area contributed by atoms with Gasteiger partial charge in [-0.15, -0.1) is 0 Å². The van der Waals surface area contributed by atoms with Crippen LogP contribution in [0.2, 0.25) is 5.02 Å². The first-order valence-electron chi connectivity index (χ1n) is 6.44. The van der Waals surface area contributed by atoms with Crippen LogP contribution in [0.15, 0.2) is 35.3 Å². The molecule has 0 saturated heterocycles. The Morgan fingerprint density at radius 1 is 1.48 bits per heavy atom. The van der Waals surface area contributed by atoms with Crippen LogP contribution in [-0.4, -0.2) is 29.9 Å². The van der Waals surface area contributed by atoms with E-state index in [2.05, 4.69) is 5.10 Å². The normalized spacial score (nSPS) is 10.7. The van der Waals surface area contributed by atoms with Crippen LogP contribution in [0, 0.1) is 5.82 Å². The highest BCUT2D eigenvalue weighted by atomic mass is 35.5. The zero-order valence-corrected chi connectivity index (χ0v) is 12.3. The van der Waals surface area contributed by atoms with E-state index in [9.17, 15) is 9.18 Å². The second-order valence-electron chi connectivity index (χ2n) is 4.63. The van der Waals surface area contributed by atoms with Crippen LogP contribution in [0.4, 0.5) is 10.1 Å². The Bertz CT molecular complexity index is 689. The van der Waals surface area contributed by atoms with Gasteiger partial charge in [-0.3, -0.25) is 4.79 Å². The molecule has 0 fully saturated rings. The molecule has 0 amide bonds. The maximum Gasteiger partial charge on any atom is 0.269 e. The van der Waals surface area contributed by atoms with E-state index in [1.165, 1.54) is 16.8 Å². The number of likely N-dealkylation sites (N-methyl/N-ethyl adjacent to an activating group) is 1. The van der Waals surface area contributed by atoms with E-state index in [0.717, 1.165) is 0 Å². The third-order valence-corrected chi connectivity index (χ3v) is 3.54. The molecule has 0 spiro atoms. The van der Waals surface area contributed by atoms with Crippen molar-refractivity contribution in [3.63, 3.8) is 0 Å². The highest BCUT2D eigenvalue weighted by Gasteiger charge is 2.09. The Morgan fingerprint density at radius 3 is 2.90 bits per heavy atom. The number of nitrogens with two attached hydrogens (primary N) is 1. The fourth-order valence-electron chi connectivity index (χ4n) is 1.91. The van der Waals surface area contributed by atoms with Gasteiger partial charge in [0, 0.05) is 26.2 Å². The second kappa shape index (κ2) is 6.69. The SMILES string of the molecule is CN(CCN)c1cnn(Cc2cccc(F)c2Cl)c(=O)c1. The maximum absolute atomic E-state index is 13.4. The number of hydrogen-bond donors (Lipinski definition) is 1. The first-order valence-corrected chi connectivity index (χ1v) is 6.82. The number of hydrogen-bond acceptors (Lipinski definition) is 4. The van der Waals surface area contributed by atoms with Gasteiger partial charge in [0.1, 0.15) is 5.82 Å². The minimum absolute atomic E-state index is 0.00975. The molecule has 1 aromatic carbocycles. The second-order valence-corrected chi connectivity index (χ2v) is 5.01. The van der Waals surface area contributed by atoms with Gasteiger partial charge in [-0.25, -0.2) is 9.07 Å². The van der Waals surface area contributed by atoms with Crippen LogP contribution in [0.1, 0.15) is 5.56 Å². The van der Waals surface area contributed by atoms with Gasteiger partial charge < -0.3 is 10.6 Å². The lowest BCUT2D eigenvalue weighted by molar-refractivity contribution is 0.610. The van der Waals surface area contributed by atoms with Gasteiger partial charge in [0.15, 0.2) is 0 Å². The summed E-state index contributed by atoms with van der Waals surface area (Å²) >= 11 is 5.88. The number of aromatic nitrogens is 2. The van der Waals surface area contributed by atoms with Crippen LogP contribution in [0.5, 0.6) is 0 Å². The monoisotopic (exact) mass is 310 g/mol. The van der Waals surface area contributed by atoms with Gasteiger partial charge in [-0.05, 0) is 11.6 Å². The van der Waals surface area contributed by atoms with Gasteiger partial charge in [0.05, 0.1) is 23.5 Å². The molecule has 2 N–H and O–H groups in total. The Hall–Kier alpha value is -1.92. The van der Waals surface area contributed by atoms with Crippen LogP contribution in [0.3, 0.4) is 0 Å². The van der Waals surface area contributed by atoms with Crippen molar-refractivity contribution in [3.05, 3.63) is 57.2 Å². The lowest BCUT2D eigenvalue weighted by Gasteiger charge is -2.17. The summed E-state index contributed by atoms with van der Waals surface area (Å²) in [6, 6.07) is 5.95. The molecule has 7 heteroatoms. The third kappa shape index (κ3) is 3.59. The molecule has 2 aromatic rings. The summed E-state index contributed by atoms with van der Waals surface area (Å²) in [6.45, 7) is 1.23. The molecule has 1 heterocycles. The van der Waals surface area contributed by atoms with E-state index in [4.69, 9.17) is 17.3 Å². The predicted octanol–water partition coefficient (Wildman–Crippen LogP) is 1.48. The molecule has 0 aliphatic carbocycles. The summed E-state index contributed by atoms with van der Waals surface area (Å²) in [7, 11) is 1.83. The van der Waals surface area contributed by atoms with Crippen LogP contribution in [-0.2, 0) is 6.54 Å². The molecule has 0 unspecified atom stereocenters. The van der Waals surface area contributed by atoms with E-state index < -0.39 is 5.82 Å². The summed E-state index contributed by atoms with van der Waals surface area (Å²) in [5.74, 6) is -0.512. The highest BCUT2D eigenvalue weighted by Crippen LogP contribution is 2.20. The maximum atomic E-state index is 13.4. The number of anilines is 1. The summed E-state index contributed by atoms with van der Waals surface area (Å²) < 4.78 is 14.6. The zero-order chi connectivity index (χ0) is 15.4. The molecule has 5 nitrogen and oxygen atoms in total. The van der Waals surface area contributed by atoms with Crippen molar-refractivity contribution >= 4 is 17.3 Å². The minimum atomic E-state index is -0.512. The Balaban J connectivity index is 2.26. The fourth-order valence-corrected chi connectivity index (χ4v) is 2.09. The summed E-state index contributed by atoms with van der Waals surface area (Å²) in [4.78, 5) is 13.9. The lowest BCUT2D eigenvalue weighted by atomic mass is 10.2. The van der Waals surface area contributed by atoms with Crippen molar-refractivity contribution < 1.29 is 4.39 Å². The fraction of sp³-hybridized carbons (Fsp3) is 0.286. The van der Waals surface area contributed by atoms with E-state index >= 15 is 0 Å². The quantitative estimate of drug-likeness (QED) is 0.908. The lowest BCUT2D eigenvalue weighted by Crippen LogP contribution is -2.29. The highest BCUT2D eigenvalue weighted by molar-refractivity contribution is 6.31. The van der Waals surface area contributed by atoms with Crippen LogP contribution < -0.4 is 16.2 Å². The number of rotatable bonds is 5. The Morgan fingerprint density at radius 2 is 2.24 bits per heavy atom. The molecule has 0 saturated carbocycles. The smallest absolute Gasteiger partial charge is 0.269 e. The van der Waals surface area contributed by atoms with Crippen LogP contribution >= 0.6 is 11.6 Å². The molecule has 0 aliphatic heterocycles. The Labute approximate surface area is 126 Å².